The Labute approximate surface area is 96.1 Å². The maximum atomic E-state index is 9.32. The first-order chi connectivity index (χ1) is 7.67. The van der Waals surface area contributed by atoms with Gasteiger partial charge in [-0.3, -0.25) is 0 Å². The van der Waals surface area contributed by atoms with E-state index in [-0.39, 0.29) is 11.5 Å². The van der Waals surface area contributed by atoms with Crippen LogP contribution in [0.3, 0.4) is 0 Å². The van der Waals surface area contributed by atoms with Crippen LogP contribution in [0, 0.1) is 12.3 Å². The molecule has 0 fully saturated rings. The average molecular weight is 219 g/mol. The molecule has 1 unspecified atom stereocenters. The number of nitrogens with one attached hydrogen (secondary N) is 1. The Hall–Kier alpha value is -1.66. The van der Waals surface area contributed by atoms with E-state index in [0.717, 1.165) is 12.0 Å². The van der Waals surface area contributed by atoms with Crippen molar-refractivity contribution in [3.05, 3.63) is 23.8 Å². The molecular formula is C13H17NO2. The molecule has 1 atom stereocenters. The fourth-order valence-electron chi connectivity index (χ4n) is 1.44. The second-order valence-electron chi connectivity index (χ2n) is 3.72. The zero-order valence-electron chi connectivity index (χ0n) is 9.40. The monoisotopic (exact) mass is 219 g/mol. The summed E-state index contributed by atoms with van der Waals surface area (Å²) in [5.74, 6) is 2.43. The van der Waals surface area contributed by atoms with Crippen molar-refractivity contribution >= 4 is 0 Å². The van der Waals surface area contributed by atoms with Gasteiger partial charge in [-0.05, 0) is 24.1 Å². The quantitative estimate of drug-likeness (QED) is 0.524. The largest absolute Gasteiger partial charge is 0.504 e. The van der Waals surface area contributed by atoms with E-state index in [1.54, 1.807) is 12.1 Å². The Kier molecular flexibility index (Phi) is 4.68. The van der Waals surface area contributed by atoms with Gasteiger partial charge in [0.25, 0.3) is 0 Å². The van der Waals surface area contributed by atoms with Gasteiger partial charge in [0, 0.05) is 19.0 Å². The molecule has 0 aliphatic rings. The van der Waals surface area contributed by atoms with Crippen LogP contribution in [0.4, 0.5) is 0 Å². The van der Waals surface area contributed by atoms with E-state index in [9.17, 15) is 5.11 Å². The molecule has 0 aromatic heterocycles. The number of rotatable bonds is 5. The van der Waals surface area contributed by atoms with E-state index in [1.807, 2.05) is 0 Å². The summed E-state index contributed by atoms with van der Waals surface area (Å²) in [7, 11) is 0. The molecule has 3 N–H and O–H groups in total. The molecule has 3 heteroatoms. The fraction of sp³-hybridized carbons (Fsp3) is 0.385. The maximum absolute atomic E-state index is 9.32. The Morgan fingerprint density at radius 1 is 1.38 bits per heavy atom. The Morgan fingerprint density at radius 3 is 2.69 bits per heavy atom. The molecule has 86 valence electrons. The lowest BCUT2D eigenvalue weighted by molar-refractivity contribution is 0.402. The zero-order chi connectivity index (χ0) is 12.0. The van der Waals surface area contributed by atoms with Crippen molar-refractivity contribution in [2.75, 3.05) is 0 Å². The molecule has 0 saturated heterocycles. The van der Waals surface area contributed by atoms with Gasteiger partial charge in [-0.15, -0.1) is 12.3 Å². The second kappa shape index (κ2) is 6.04. The third kappa shape index (κ3) is 3.48. The van der Waals surface area contributed by atoms with E-state index in [0.29, 0.717) is 19.0 Å². The van der Waals surface area contributed by atoms with Crippen molar-refractivity contribution in [2.24, 2.45) is 0 Å². The van der Waals surface area contributed by atoms with E-state index in [4.69, 9.17) is 11.5 Å². The van der Waals surface area contributed by atoms with Crippen LogP contribution in [-0.2, 0) is 6.54 Å². The van der Waals surface area contributed by atoms with E-state index < -0.39 is 0 Å². The first-order valence-electron chi connectivity index (χ1n) is 5.35. The number of terminal acetylenes is 1. The van der Waals surface area contributed by atoms with Crippen molar-refractivity contribution in [1.82, 2.24) is 5.32 Å². The predicted octanol–water partition coefficient (Wildman–Crippen LogP) is 1.99. The van der Waals surface area contributed by atoms with Crippen molar-refractivity contribution in [2.45, 2.75) is 32.4 Å². The minimum Gasteiger partial charge on any atom is -0.504 e. The van der Waals surface area contributed by atoms with E-state index in [1.165, 1.54) is 6.07 Å². The van der Waals surface area contributed by atoms with Crippen LogP contribution in [0.15, 0.2) is 18.2 Å². The SMILES string of the molecule is C#CCC(CC)NCc1ccc(O)c(O)c1. The molecule has 0 saturated carbocycles. The molecule has 0 radical (unpaired) electrons. The molecule has 1 rings (SSSR count). The standard InChI is InChI=1S/C13H17NO2/c1-3-5-11(4-2)14-9-10-6-7-12(15)13(16)8-10/h1,6-8,11,14-16H,4-5,9H2,2H3. The molecule has 0 bridgehead atoms. The summed E-state index contributed by atoms with van der Waals surface area (Å²) in [5, 5.41) is 21.8. The lowest BCUT2D eigenvalue weighted by Crippen LogP contribution is -2.27. The molecule has 0 spiro atoms. The summed E-state index contributed by atoms with van der Waals surface area (Å²) in [6.45, 7) is 2.71. The van der Waals surface area contributed by atoms with Crippen LogP contribution in [0.1, 0.15) is 25.3 Å². The van der Waals surface area contributed by atoms with Crippen molar-refractivity contribution in [3.8, 4) is 23.8 Å². The molecule has 0 aliphatic heterocycles. The van der Waals surface area contributed by atoms with Gasteiger partial charge in [0.2, 0.25) is 0 Å². The number of aromatic hydroxyl groups is 2. The molecule has 16 heavy (non-hydrogen) atoms. The van der Waals surface area contributed by atoms with E-state index >= 15 is 0 Å². The third-order valence-corrected chi connectivity index (χ3v) is 2.49. The summed E-state index contributed by atoms with van der Waals surface area (Å²) in [6, 6.07) is 5.09. The van der Waals surface area contributed by atoms with E-state index in [2.05, 4.69) is 18.2 Å². The van der Waals surface area contributed by atoms with Gasteiger partial charge in [0.05, 0.1) is 0 Å². The van der Waals surface area contributed by atoms with Crippen molar-refractivity contribution in [1.29, 1.82) is 0 Å². The first-order valence-corrected chi connectivity index (χ1v) is 5.35. The highest BCUT2D eigenvalue weighted by Gasteiger charge is 2.05. The van der Waals surface area contributed by atoms with Crippen LogP contribution in [0.5, 0.6) is 11.5 Å². The summed E-state index contributed by atoms with van der Waals surface area (Å²) in [5.41, 5.74) is 0.922. The second-order valence-corrected chi connectivity index (χ2v) is 3.72. The maximum Gasteiger partial charge on any atom is 0.157 e. The third-order valence-electron chi connectivity index (χ3n) is 2.49. The van der Waals surface area contributed by atoms with Gasteiger partial charge >= 0.3 is 0 Å². The average Bonchev–Trinajstić information content (AvgIpc) is 2.28. The van der Waals surface area contributed by atoms with Crippen LogP contribution in [0.25, 0.3) is 0 Å². The molecule has 0 heterocycles. The fourth-order valence-corrected chi connectivity index (χ4v) is 1.44. The van der Waals surface area contributed by atoms with Crippen LogP contribution >= 0.6 is 0 Å². The predicted molar refractivity (Wildman–Crippen MR) is 64.1 cm³/mol. The van der Waals surface area contributed by atoms with Crippen molar-refractivity contribution < 1.29 is 10.2 Å². The summed E-state index contributed by atoms with van der Waals surface area (Å²) < 4.78 is 0. The summed E-state index contributed by atoms with van der Waals surface area (Å²) >= 11 is 0. The lowest BCUT2D eigenvalue weighted by atomic mass is 10.1. The molecule has 1 aromatic rings. The van der Waals surface area contributed by atoms with Gasteiger partial charge in [-0.1, -0.05) is 13.0 Å². The minimum absolute atomic E-state index is 0.0932. The summed E-state index contributed by atoms with van der Waals surface area (Å²) in [4.78, 5) is 0. The van der Waals surface area contributed by atoms with Gasteiger partial charge in [-0.25, -0.2) is 0 Å². The van der Waals surface area contributed by atoms with Gasteiger partial charge in [-0.2, -0.15) is 0 Å². The van der Waals surface area contributed by atoms with Crippen LogP contribution < -0.4 is 5.32 Å². The van der Waals surface area contributed by atoms with Crippen LogP contribution in [-0.4, -0.2) is 16.3 Å². The highest BCUT2D eigenvalue weighted by molar-refractivity contribution is 5.40. The number of phenolic OH excluding ortho intramolecular Hbond substituents is 2. The minimum atomic E-state index is -0.0978. The molecule has 3 nitrogen and oxygen atoms in total. The molecule has 0 amide bonds. The zero-order valence-corrected chi connectivity index (χ0v) is 9.40. The lowest BCUT2D eigenvalue weighted by Gasteiger charge is -2.14. The van der Waals surface area contributed by atoms with Gasteiger partial charge in [0.15, 0.2) is 11.5 Å². The molecule has 1 aromatic carbocycles. The molecular weight excluding hydrogens is 202 g/mol. The van der Waals surface area contributed by atoms with Crippen molar-refractivity contribution in [3.63, 3.8) is 0 Å². The normalized spacial score (nSPS) is 12.0. The number of hydrogen-bond donors (Lipinski definition) is 3. The Balaban J connectivity index is 2.54. The smallest absolute Gasteiger partial charge is 0.157 e. The highest BCUT2D eigenvalue weighted by Crippen LogP contribution is 2.24. The first kappa shape index (κ1) is 12.4. The van der Waals surface area contributed by atoms with Crippen LogP contribution in [0.2, 0.25) is 0 Å². The van der Waals surface area contributed by atoms with Gasteiger partial charge in [0.1, 0.15) is 0 Å². The van der Waals surface area contributed by atoms with Gasteiger partial charge < -0.3 is 15.5 Å². The summed E-state index contributed by atoms with van der Waals surface area (Å²) in [6.07, 6.45) is 6.92. The highest BCUT2D eigenvalue weighted by atomic mass is 16.3. The Bertz CT molecular complexity index is 382. The number of hydrogen-bond acceptors (Lipinski definition) is 3. The number of phenols is 2. The molecule has 0 aliphatic carbocycles. The Morgan fingerprint density at radius 2 is 2.12 bits per heavy atom. The number of benzene rings is 1. The topological polar surface area (TPSA) is 52.5 Å².